The Balaban J connectivity index is 0. The van der Waals surface area contributed by atoms with Gasteiger partial charge in [-0.05, 0) is 6.07 Å². The van der Waals surface area contributed by atoms with Gasteiger partial charge < -0.3 is 7.16 Å². The van der Waals surface area contributed by atoms with Gasteiger partial charge in [-0.1, -0.05) is 0 Å². The Morgan fingerprint density at radius 1 is 1.47 bits per heavy atom. The van der Waals surface area contributed by atoms with Crippen molar-refractivity contribution in [3.8, 4) is 0 Å². The van der Waals surface area contributed by atoms with E-state index in [0.717, 1.165) is 12.1 Å². The number of hydrogen-bond donors (Lipinski definition) is 2. The number of nitro groups is 1. The molecule has 0 aliphatic rings. The van der Waals surface area contributed by atoms with Crippen molar-refractivity contribution in [1.82, 2.24) is 0 Å². The summed E-state index contributed by atoms with van der Waals surface area (Å²) in [4.78, 5) is 19.5. The topological polar surface area (TPSA) is 141 Å². The number of nitrogens with two attached hydrogens (primary N) is 1. The molecule has 8 nitrogen and oxygen atoms in total. The number of primary amides is 1. The second kappa shape index (κ2) is 6.00. The first-order valence-electron chi connectivity index (χ1n) is 3.79. The minimum absolute atomic E-state index is 0. The second-order valence-electron chi connectivity index (χ2n) is 2.78. The number of hydrogen-bond acceptors (Lipinski definition) is 5. The average Bonchev–Trinajstić information content (AvgIpc) is 2.15. The summed E-state index contributed by atoms with van der Waals surface area (Å²) in [7, 11) is -4.74. The van der Waals surface area contributed by atoms with Crippen molar-refractivity contribution in [3.05, 3.63) is 33.9 Å². The minimum atomic E-state index is -4.74. The Hall–Kier alpha value is -0.364. The molecule has 0 saturated carbocycles. The quantitative estimate of drug-likeness (QED) is 0.263. The van der Waals surface area contributed by atoms with Crippen LogP contribution in [-0.2, 0) is 10.1 Å². The van der Waals surface area contributed by atoms with Crippen LogP contribution in [0.4, 0.5) is 5.69 Å². The third-order valence-electron chi connectivity index (χ3n) is 1.72. The largest absolute Gasteiger partial charge is 1.00 e. The van der Waals surface area contributed by atoms with Crippen molar-refractivity contribution in [2.45, 2.75) is 4.90 Å². The molecule has 10 heteroatoms. The molecule has 0 radical (unpaired) electrons. The number of carbonyl (C=O) groups excluding carboxylic acids is 1. The van der Waals surface area contributed by atoms with E-state index in [-0.39, 0.29) is 52.8 Å². The zero-order valence-electron chi connectivity index (χ0n) is 9.65. The molecule has 1 aromatic rings. The fraction of sp³-hybridized carbons (Fsp3) is 0. The van der Waals surface area contributed by atoms with Crippen LogP contribution in [0.25, 0.3) is 0 Å². The first-order chi connectivity index (χ1) is 7.23. The van der Waals surface area contributed by atoms with Crippen LogP contribution in [0.15, 0.2) is 23.1 Å². The van der Waals surface area contributed by atoms with E-state index in [1.54, 1.807) is 0 Å². The number of benzene rings is 1. The van der Waals surface area contributed by atoms with Crippen molar-refractivity contribution in [1.29, 1.82) is 0 Å². The summed E-state index contributed by atoms with van der Waals surface area (Å²) in [6, 6.07) is 2.34. The molecule has 1 amide bonds. The molecule has 0 saturated heterocycles. The molecule has 0 aromatic heterocycles. The predicted molar refractivity (Wildman–Crippen MR) is 52.5 cm³/mol. The third kappa shape index (κ3) is 4.10. The first kappa shape index (κ1) is 16.6. The van der Waals surface area contributed by atoms with E-state index < -0.39 is 37.1 Å². The van der Waals surface area contributed by atoms with Crippen LogP contribution < -0.4 is 57.1 Å². The van der Waals surface area contributed by atoms with Gasteiger partial charge in [0, 0.05) is 12.1 Å². The van der Waals surface area contributed by atoms with Crippen LogP contribution in [0, 0.1) is 10.1 Å². The van der Waals surface area contributed by atoms with Crippen molar-refractivity contribution in [2.24, 2.45) is 5.73 Å². The fourth-order valence-corrected chi connectivity index (χ4v) is 1.76. The summed E-state index contributed by atoms with van der Waals surface area (Å²) < 4.78 is 30.5. The molecule has 0 aliphatic heterocycles. The maximum atomic E-state index is 10.9. The number of nitro benzene ring substituents is 1. The van der Waals surface area contributed by atoms with E-state index in [9.17, 15) is 23.3 Å². The molecule has 0 spiro atoms. The van der Waals surface area contributed by atoms with Crippen LogP contribution in [0.3, 0.4) is 0 Å². The van der Waals surface area contributed by atoms with Gasteiger partial charge in [0.15, 0.2) is 0 Å². The van der Waals surface area contributed by atoms with Gasteiger partial charge in [0.1, 0.15) is 4.90 Å². The van der Waals surface area contributed by atoms with Gasteiger partial charge in [0.05, 0.1) is 10.5 Å². The van der Waals surface area contributed by atoms with E-state index in [1.165, 1.54) is 0 Å². The van der Waals surface area contributed by atoms with Crippen LogP contribution in [-0.4, -0.2) is 23.8 Å². The maximum Gasteiger partial charge on any atom is 1.00 e. The van der Waals surface area contributed by atoms with Gasteiger partial charge in [0.25, 0.3) is 15.8 Å². The smallest absolute Gasteiger partial charge is 1.00 e. The van der Waals surface area contributed by atoms with E-state index in [1.807, 2.05) is 0 Å². The van der Waals surface area contributed by atoms with Crippen molar-refractivity contribution < 1.29 is 75.5 Å². The SMILES string of the molecule is NC(=O)c1ccc([N+](=O)[O-])cc1S(=O)(=O)O.[H-].[K+]. The van der Waals surface area contributed by atoms with Crippen molar-refractivity contribution in [2.75, 3.05) is 0 Å². The number of carbonyl (C=O) groups is 1. The predicted octanol–water partition coefficient (Wildman–Crippen LogP) is -2.94. The van der Waals surface area contributed by atoms with Gasteiger partial charge in [-0.3, -0.25) is 19.5 Å². The Morgan fingerprint density at radius 3 is 2.35 bits per heavy atom. The summed E-state index contributed by atoms with van der Waals surface area (Å²) >= 11 is 0. The molecule has 3 N–H and O–H groups in total. The number of rotatable bonds is 3. The summed E-state index contributed by atoms with van der Waals surface area (Å²) in [5.41, 5.74) is 3.78. The van der Waals surface area contributed by atoms with Gasteiger partial charge in [-0.2, -0.15) is 8.42 Å². The molecule has 88 valence electrons. The molecule has 0 unspecified atom stereocenters. The minimum Gasteiger partial charge on any atom is -1.00 e. The molecule has 1 rings (SSSR count). The Kier molecular flexibility index (Phi) is 5.87. The number of amides is 1. The van der Waals surface area contributed by atoms with Gasteiger partial charge in [0.2, 0.25) is 5.91 Å². The van der Waals surface area contributed by atoms with Gasteiger partial charge >= 0.3 is 51.4 Å². The van der Waals surface area contributed by atoms with Crippen molar-refractivity contribution >= 4 is 21.7 Å². The monoisotopic (exact) mass is 286 g/mol. The van der Waals surface area contributed by atoms with Gasteiger partial charge in [-0.15, -0.1) is 0 Å². The second-order valence-corrected chi connectivity index (χ2v) is 4.17. The Morgan fingerprint density at radius 2 is 2.00 bits per heavy atom. The maximum absolute atomic E-state index is 10.9. The molecule has 0 bridgehead atoms. The summed E-state index contributed by atoms with van der Waals surface area (Å²) in [6.45, 7) is 0. The van der Waals surface area contributed by atoms with Crippen LogP contribution in [0.2, 0.25) is 0 Å². The summed E-state index contributed by atoms with van der Waals surface area (Å²) in [6.07, 6.45) is 0. The van der Waals surface area contributed by atoms with E-state index >= 15 is 0 Å². The van der Waals surface area contributed by atoms with Crippen LogP contribution >= 0.6 is 0 Å². The average molecular weight is 286 g/mol. The van der Waals surface area contributed by atoms with Gasteiger partial charge in [-0.25, -0.2) is 0 Å². The first-order valence-corrected chi connectivity index (χ1v) is 5.23. The molecular formula is C7H7KN2O6S. The molecule has 0 atom stereocenters. The third-order valence-corrected chi connectivity index (χ3v) is 2.61. The van der Waals surface area contributed by atoms with E-state index in [2.05, 4.69) is 0 Å². The number of non-ortho nitro benzene ring substituents is 1. The van der Waals surface area contributed by atoms with Crippen LogP contribution in [0.5, 0.6) is 0 Å². The Bertz CT molecular complexity index is 575. The molecule has 1 aromatic carbocycles. The molecule has 0 heterocycles. The van der Waals surface area contributed by atoms with Crippen molar-refractivity contribution in [3.63, 3.8) is 0 Å². The van der Waals surface area contributed by atoms with Crippen LogP contribution in [0.1, 0.15) is 11.8 Å². The number of nitrogens with zero attached hydrogens (tertiary/aromatic N) is 1. The Labute approximate surface area is 140 Å². The van der Waals surface area contributed by atoms with E-state index in [0.29, 0.717) is 6.07 Å². The summed E-state index contributed by atoms with van der Waals surface area (Å²) in [5.74, 6) is -1.11. The molecule has 0 fully saturated rings. The standard InChI is InChI=1S/C7H6N2O6S.K.H/c8-7(10)5-2-1-4(9(11)12)3-6(5)16(13,14)15;;/h1-3H,(H2,8,10)(H,13,14,15);;/q;+1;-1. The van der Waals surface area contributed by atoms with E-state index in [4.69, 9.17) is 10.3 Å². The molecule has 17 heavy (non-hydrogen) atoms. The fourth-order valence-electron chi connectivity index (χ4n) is 1.04. The zero-order chi connectivity index (χ0) is 12.5. The molecular weight excluding hydrogens is 279 g/mol. The normalized spacial score (nSPS) is 10.4. The summed E-state index contributed by atoms with van der Waals surface area (Å²) in [5, 5.41) is 10.4. The molecule has 0 aliphatic carbocycles. The zero-order valence-corrected chi connectivity index (χ0v) is 12.6.